The van der Waals surface area contributed by atoms with Crippen LogP contribution >= 0.6 is 11.6 Å². The van der Waals surface area contributed by atoms with E-state index in [1.54, 1.807) is 49.1 Å². The van der Waals surface area contributed by atoms with E-state index in [4.69, 9.17) is 11.6 Å². The number of carbonyl (C=O) groups excluding carboxylic acids is 2. The van der Waals surface area contributed by atoms with Crippen LogP contribution in [0.15, 0.2) is 47.4 Å². The molecule has 0 aromatic heterocycles. The van der Waals surface area contributed by atoms with Gasteiger partial charge in [0, 0.05) is 40.2 Å². The van der Waals surface area contributed by atoms with E-state index < -0.39 is 15.9 Å². The molecule has 1 atom stereocenters. The number of rotatable bonds is 8. The molecule has 3 rings (SSSR count). The summed E-state index contributed by atoms with van der Waals surface area (Å²) in [5, 5.41) is 3.29. The third-order valence-electron chi connectivity index (χ3n) is 5.69. The van der Waals surface area contributed by atoms with Crippen molar-refractivity contribution >= 4 is 50.5 Å². The Hall–Kier alpha value is -2.62. The average molecular weight is 493 g/mol. The molecule has 2 aromatic carbocycles. The maximum Gasteiger partial charge on any atom is 0.243 e. The van der Waals surface area contributed by atoms with Crippen LogP contribution in [0.5, 0.6) is 0 Å². The number of nitrogens with one attached hydrogen (secondary N) is 1. The van der Waals surface area contributed by atoms with E-state index >= 15 is 0 Å². The Morgan fingerprint density at radius 1 is 1.15 bits per heavy atom. The van der Waals surface area contributed by atoms with Gasteiger partial charge in [0.05, 0.1) is 32.9 Å². The second kappa shape index (κ2) is 10.1. The molecular formula is C23H29ClN4O4S. The van der Waals surface area contributed by atoms with Gasteiger partial charge >= 0.3 is 0 Å². The number of nitrogens with zero attached hydrogens (tertiary/aromatic N) is 3. The molecule has 1 aliphatic rings. The average Bonchev–Trinajstić information content (AvgIpc) is 3.16. The monoisotopic (exact) mass is 492 g/mol. The summed E-state index contributed by atoms with van der Waals surface area (Å²) in [5.74, 6) is -1.13. The van der Waals surface area contributed by atoms with E-state index in [9.17, 15) is 18.0 Å². The first-order chi connectivity index (χ1) is 15.6. The summed E-state index contributed by atoms with van der Waals surface area (Å²) in [7, 11) is -0.0782. The number of anilines is 3. The molecule has 2 aromatic rings. The molecule has 0 aliphatic carbocycles. The zero-order valence-corrected chi connectivity index (χ0v) is 20.8. The van der Waals surface area contributed by atoms with Crippen molar-refractivity contribution in [1.29, 1.82) is 0 Å². The first-order valence-corrected chi connectivity index (χ1v) is 12.6. The molecule has 1 aliphatic heterocycles. The minimum absolute atomic E-state index is 0.0474. The Morgan fingerprint density at radius 3 is 2.42 bits per heavy atom. The minimum atomic E-state index is -3.69. The third-order valence-corrected chi connectivity index (χ3v) is 8.06. The highest BCUT2D eigenvalue weighted by molar-refractivity contribution is 7.89. The molecule has 178 valence electrons. The van der Waals surface area contributed by atoms with Gasteiger partial charge < -0.3 is 15.1 Å². The summed E-state index contributed by atoms with van der Waals surface area (Å²) in [5.41, 5.74) is 1.61. The van der Waals surface area contributed by atoms with E-state index in [2.05, 4.69) is 5.32 Å². The van der Waals surface area contributed by atoms with Gasteiger partial charge in [-0.15, -0.1) is 0 Å². The summed E-state index contributed by atoms with van der Waals surface area (Å²) < 4.78 is 27.3. The highest BCUT2D eigenvalue weighted by atomic mass is 35.5. The van der Waals surface area contributed by atoms with Gasteiger partial charge in [-0.1, -0.05) is 37.6 Å². The molecule has 0 bridgehead atoms. The van der Waals surface area contributed by atoms with E-state index in [0.29, 0.717) is 35.2 Å². The number of halogens is 1. The normalized spacial score (nSPS) is 16.4. The van der Waals surface area contributed by atoms with Crippen molar-refractivity contribution < 1.29 is 18.0 Å². The van der Waals surface area contributed by atoms with E-state index in [-0.39, 0.29) is 29.7 Å². The van der Waals surface area contributed by atoms with Crippen LogP contribution in [0, 0.1) is 5.92 Å². The Morgan fingerprint density at radius 2 is 1.82 bits per heavy atom. The summed E-state index contributed by atoms with van der Waals surface area (Å²) >= 11 is 6.23. The predicted molar refractivity (Wildman–Crippen MR) is 131 cm³/mol. The third kappa shape index (κ3) is 5.15. The van der Waals surface area contributed by atoms with Crippen LogP contribution < -0.4 is 15.1 Å². The van der Waals surface area contributed by atoms with Gasteiger partial charge in [-0.3, -0.25) is 9.59 Å². The molecule has 0 radical (unpaired) electrons. The van der Waals surface area contributed by atoms with Gasteiger partial charge in [0.25, 0.3) is 0 Å². The van der Waals surface area contributed by atoms with E-state index in [0.717, 1.165) is 0 Å². The molecule has 1 heterocycles. The smallest absolute Gasteiger partial charge is 0.243 e. The molecule has 1 saturated heterocycles. The molecule has 33 heavy (non-hydrogen) atoms. The van der Waals surface area contributed by atoms with Crippen LogP contribution in [-0.2, 0) is 19.6 Å². The zero-order valence-electron chi connectivity index (χ0n) is 19.2. The van der Waals surface area contributed by atoms with Gasteiger partial charge in [-0.05, 0) is 30.3 Å². The molecular weight excluding hydrogens is 464 g/mol. The van der Waals surface area contributed by atoms with Crippen molar-refractivity contribution in [3.8, 4) is 0 Å². The van der Waals surface area contributed by atoms with Crippen molar-refractivity contribution in [2.75, 3.05) is 48.8 Å². The predicted octanol–water partition coefficient (Wildman–Crippen LogP) is 3.43. The van der Waals surface area contributed by atoms with Crippen molar-refractivity contribution in [2.24, 2.45) is 5.92 Å². The van der Waals surface area contributed by atoms with Crippen LogP contribution in [0.25, 0.3) is 0 Å². The maximum absolute atomic E-state index is 13.1. The van der Waals surface area contributed by atoms with Crippen molar-refractivity contribution in [1.82, 2.24) is 4.31 Å². The molecule has 0 saturated carbocycles. The number of hydrogen-bond acceptors (Lipinski definition) is 5. The van der Waals surface area contributed by atoms with Crippen LogP contribution in [0.2, 0.25) is 5.02 Å². The number of hydrogen-bond donors (Lipinski definition) is 1. The lowest BCUT2D eigenvalue weighted by molar-refractivity contribution is -0.122. The number of benzene rings is 2. The Kier molecular flexibility index (Phi) is 7.66. The Balaban J connectivity index is 1.87. The number of sulfonamides is 1. The van der Waals surface area contributed by atoms with E-state index in [1.165, 1.54) is 21.3 Å². The molecule has 1 N–H and O–H groups in total. The molecule has 0 spiro atoms. The Bertz CT molecular complexity index is 1150. The number of para-hydroxylation sites is 1. The summed E-state index contributed by atoms with van der Waals surface area (Å²) in [6.07, 6.45) is 0.0474. The molecule has 10 heteroatoms. The lowest BCUT2D eigenvalue weighted by Gasteiger charge is -2.23. The second-order valence-corrected chi connectivity index (χ2v) is 10.4. The summed E-state index contributed by atoms with van der Waals surface area (Å²) in [6.45, 7) is 4.44. The fourth-order valence-electron chi connectivity index (χ4n) is 3.90. The Labute approximate surface area is 200 Å². The number of carbonyl (C=O) groups is 2. The minimum Gasteiger partial charge on any atom is -0.376 e. The highest BCUT2D eigenvalue weighted by Crippen LogP contribution is 2.33. The zero-order chi connectivity index (χ0) is 24.3. The lowest BCUT2D eigenvalue weighted by atomic mass is 10.1. The first-order valence-electron chi connectivity index (χ1n) is 10.8. The SMILES string of the molecule is CCN(CC)S(=O)(=O)c1ccc(N(C)C)c(NC(=O)C2CC(=O)N(c3ccccc3Cl)C2)c1. The van der Waals surface area contributed by atoms with Crippen molar-refractivity contribution in [2.45, 2.75) is 25.2 Å². The summed E-state index contributed by atoms with van der Waals surface area (Å²) in [4.78, 5) is 29.1. The van der Waals surface area contributed by atoms with Gasteiger partial charge in [0.1, 0.15) is 0 Å². The molecule has 2 amide bonds. The largest absolute Gasteiger partial charge is 0.376 e. The maximum atomic E-state index is 13.1. The van der Waals surface area contributed by atoms with Crippen molar-refractivity contribution in [3.05, 3.63) is 47.5 Å². The van der Waals surface area contributed by atoms with Gasteiger partial charge in [0.15, 0.2) is 0 Å². The highest BCUT2D eigenvalue weighted by Gasteiger charge is 2.36. The van der Waals surface area contributed by atoms with Gasteiger partial charge in [-0.2, -0.15) is 4.31 Å². The first kappa shape index (κ1) is 25.0. The number of amides is 2. The molecule has 1 fully saturated rings. The fourth-order valence-corrected chi connectivity index (χ4v) is 5.62. The van der Waals surface area contributed by atoms with Gasteiger partial charge in [0.2, 0.25) is 21.8 Å². The topological polar surface area (TPSA) is 90.0 Å². The lowest BCUT2D eigenvalue weighted by Crippen LogP contribution is -2.31. The van der Waals surface area contributed by atoms with Crippen LogP contribution in [0.4, 0.5) is 17.1 Å². The van der Waals surface area contributed by atoms with Gasteiger partial charge in [-0.25, -0.2) is 8.42 Å². The molecule has 8 nitrogen and oxygen atoms in total. The van der Waals surface area contributed by atoms with Crippen LogP contribution in [0.3, 0.4) is 0 Å². The quantitative estimate of drug-likeness (QED) is 0.609. The van der Waals surface area contributed by atoms with Crippen LogP contribution in [0.1, 0.15) is 20.3 Å². The summed E-state index contributed by atoms with van der Waals surface area (Å²) in [6, 6.07) is 11.7. The van der Waals surface area contributed by atoms with Crippen molar-refractivity contribution in [3.63, 3.8) is 0 Å². The molecule has 1 unspecified atom stereocenters. The van der Waals surface area contributed by atoms with E-state index in [1.807, 2.05) is 14.1 Å². The fraction of sp³-hybridized carbons (Fsp3) is 0.391. The van der Waals surface area contributed by atoms with Crippen LogP contribution in [-0.4, -0.2) is 58.3 Å². The standard InChI is InChI=1S/C23H29ClN4O4S/c1-5-27(6-2)33(31,32)17-11-12-21(26(3)4)19(14-17)25-23(30)16-13-22(29)28(15-16)20-10-8-7-9-18(20)24/h7-12,14,16H,5-6,13,15H2,1-4H3,(H,25,30). The second-order valence-electron chi connectivity index (χ2n) is 8.01.